The van der Waals surface area contributed by atoms with Gasteiger partial charge < -0.3 is 20.3 Å². The summed E-state index contributed by atoms with van der Waals surface area (Å²) < 4.78 is 5.51. The normalized spacial score (nSPS) is 21.9. The highest BCUT2D eigenvalue weighted by Gasteiger charge is 2.24. The Morgan fingerprint density at radius 2 is 2.05 bits per heavy atom. The Hall–Kier alpha value is -1.59. The van der Waals surface area contributed by atoms with Gasteiger partial charge in [-0.25, -0.2) is 4.79 Å². The molecule has 5 heteroatoms. The average molecular weight is 279 g/mol. The minimum absolute atomic E-state index is 0.160. The van der Waals surface area contributed by atoms with Crippen molar-refractivity contribution < 1.29 is 19.7 Å². The van der Waals surface area contributed by atoms with Crippen molar-refractivity contribution >= 4 is 5.97 Å². The minimum Gasteiger partial charge on any atom is -0.492 e. The maximum absolute atomic E-state index is 10.7. The number of aliphatic hydroxyl groups excluding tert-OH is 1. The summed E-state index contributed by atoms with van der Waals surface area (Å²) in [5, 5.41) is 21.7. The van der Waals surface area contributed by atoms with Crippen LogP contribution < -0.4 is 10.1 Å². The molecule has 0 heterocycles. The van der Waals surface area contributed by atoms with Gasteiger partial charge in [0, 0.05) is 13.1 Å². The molecular formula is C15H21NO4. The van der Waals surface area contributed by atoms with Gasteiger partial charge in [0.25, 0.3) is 0 Å². The molecule has 1 aliphatic carbocycles. The number of aromatic carboxylic acids is 1. The summed E-state index contributed by atoms with van der Waals surface area (Å²) in [4.78, 5) is 10.7. The second-order valence-corrected chi connectivity index (χ2v) is 5.14. The lowest BCUT2D eigenvalue weighted by molar-refractivity contribution is 0.0697. The van der Waals surface area contributed by atoms with Gasteiger partial charge in [-0.15, -0.1) is 0 Å². The SMILES string of the molecule is O=C(O)c1ccc(OCCNCC2CCCC2O)cc1. The van der Waals surface area contributed by atoms with E-state index in [1.54, 1.807) is 12.1 Å². The van der Waals surface area contributed by atoms with E-state index in [0.717, 1.165) is 25.8 Å². The predicted molar refractivity (Wildman–Crippen MR) is 75.1 cm³/mol. The van der Waals surface area contributed by atoms with E-state index in [9.17, 15) is 9.90 Å². The van der Waals surface area contributed by atoms with Crippen molar-refractivity contribution in [2.45, 2.75) is 25.4 Å². The maximum Gasteiger partial charge on any atom is 0.335 e. The summed E-state index contributed by atoms with van der Waals surface area (Å²) in [5.41, 5.74) is 0.255. The fourth-order valence-electron chi connectivity index (χ4n) is 2.48. The number of benzene rings is 1. The van der Waals surface area contributed by atoms with Crippen molar-refractivity contribution in [3.8, 4) is 5.75 Å². The van der Waals surface area contributed by atoms with Gasteiger partial charge in [0.05, 0.1) is 11.7 Å². The van der Waals surface area contributed by atoms with Crippen LogP contribution in [0, 0.1) is 5.92 Å². The molecule has 1 saturated carbocycles. The summed E-state index contributed by atoms with van der Waals surface area (Å²) in [6, 6.07) is 6.37. The Morgan fingerprint density at radius 3 is 2.65 bits per heavy atom. The smallest absolute Gasteiger partial charge is 0.335 e. The Morgan fingerprint density at radius 1 is 1.30 bits per heavy atom. The molecule has 0 aromatic heterocycles. The monoisotopic (exact) mass is 279 g/mol. The van der Waals surface area contributed by atoms with E-state index < -0.39 is 5.97 Å². The second-order valence-electron chi connectivity index (χ2n) is 5.14. The first-order chi connectivity index (χ1) is 9.66. The topological polar surface area (TPSA) is 78.8 Å². The predicted octanol–water partition coefficient (Wildman–Crippen LogP) is 1.51. The Balaban J connectivity index is 1.62. The number of carboxylic acids is 1. The third-order valence-electron chi connectivity index (χ3n) is 3.67. The van der Waals surface area contributed by atoms with E-state index in [0.29, 0.717) is 24.8 Å². The van der Waals surface area contributed by atoms with Gasteiger partial charge in [0.1, 0.15) is 12.4 Å². The number of aliphatic hydroxyl groups is 1. The van der Waals surface area contributed by atoms with Crippen LogP contribution in [-0.4, -0.2) is 42.0 Å². The van der Waals surface area contributed by atoms with Crippen LogP contribution in [-0.2, 0) is 0 Å². The van der Waals surface area contributed by atoms with Crippen LogP contribution in [0.5, 0.6) is 5.75 Å². The standard InChI is InChI=1S/C15H21NO4/c17-14-3-1-2-12(14)10-16-8-9-20-13-6-4-11(5-7-13)15(18)19/h4-7,12,14,16-17H,1-3,8-10H2,(H,18,19). The highest BCUT2D eigenvalue weighted by molar-refractivity contribution is 5.87. The zero-order valence-electron chi connectivity index (χ0n) is 11.4. The number of hydrogen-bond donors (Lipinski definition) is 3. The van der Waals surface area contributed by atoms with Crippen molar-refractivity contribution in [1.29, 1.82) is 0 Å². The van der Waals surface area contributed by atoms with Gasteiger partial charge in [-0.05, 0) is 43.0 Å². The molecule has 2 unspecified atom stereocenters. The number of ether oxygens (including phenoxy) is 1. The van der Waals surface area contributed by atoms with Crippen molar-refractivity contribution in [3.63, 3.8) is 0 Å². The van der Waals surface area contributed by atoms with Crippen LogP contribution >= 0.6 is 0 Å². The zero-order chi connectivity index (χ0) is 14.4. The van der Waals surface area contributed by atoms with Crippen molar-refractivity contribution in [2.24, 2.45) is 5.92 Å². The van der Waals surface area contributed by atoms with Crippen LogP contribution in [0.15, 0.2) is 24.3 Å². The Bertz CT molecular complexity index is 432. The van der Waals surface area contributed by atoms with Crippen molar-refractivity contribution in [3.05, 3.63) is 29.8 Å². The number of carbonyl (C=O) groups is 1. The van der Waals surface area contributed by atoms with Gasteiger partial charge in [-0.2, -0.15) is 0 Å². The summed E-state index contributed by atoms with van der Waals surface area (Å²) in [6.45, 7) is 2.06. The minimum atomic E-state index is -0.937. The summed E-state index contributed by atoms with van der Waals surface area (Å²) in [6.07, 6.45) is 2.96. The third-order valence-corrected chi connectivity index (χ3v) is 3.67. The first-order valence-corrected chi connectivity index (χ1v) is 7.02. The van der Waals surface area contributed by atoms with E-state index in [1.807, 2.05) is 0 Å². The molecule has 20 heavy (non-hydrogen) atoms. The van der Waals surface area contributed by atoms with Gasteiger partial charge >= 0.3 is 5.97 Å². The van der Waals surface area contributed by atoms with E-state index in [2.05, 4.69) is 5.32 Å². The van der Waals surface area contributed by atoms with Gasteiger partial charge in [-0.3, -0.25) is 0 Å². The fourth-order valence-corrected chi connectivity index (χ4v) is 2.48. The molecular weight excluding hydrogens is 258 g/mol. The molecule has 0 amide bonds. The number of carboxylic acid groups (broad SMARTS) is 1. The van der Waals surface area contributed by atoms with E-state index >= 15 is 0 Å². The molecule has 1 aromatic carbocycles. The van der Waals surface area contributed by atoms with Gasteiger partial charge in [0.15, 0.2) is 0 Å². The number of nitrogens with one attached hydrogen (secondary N) is 1. The highest BCUT2D eigenvalue weighted by Crippen LogP contribution is 2.24. The van der Waals surface area contributed by atoms with Crippen LogP contribution in [0.4, 0.5) is 0 Å². The van der Waals surface area contributed by atoms with E-state index in [4.69, 9.17) is 9.84 Å². The second kappa shape index (κ2) is 7.26. The van der Waals surface area contributed by atoms with E-state index in [1.165, 1.54) is 12.1 Å². The molecule has 5 nitrogen and oxygen atoms in total. The van der Waals surface area contributed by atoms with Crippen LogP contribution in [0.25, 0.3) is 0 Å². The summed E-state index contributed by atoms with van der Waals surface area (Å²) in [5.74, 6) is 0.0934. The van der Waals surface area contributed by atoms with Crippen molar-refractivity contribution in [1.82, 2.24) is 5.32 Å². The average Bonchev–Trinajstić information content (AvgIpc) is 2.84. The molecule has 3 N–H and O–H groups in total. The molecule has 2 rings (SSSR count). The zero-order valence-corrected chi connectivity index (χ0v) is 11.4. The molecule has 0 bridgehead atoms. The number of rotatable bonds is 7. The fraction of sp³-hybridized carbons (Fsp3) is 0.533. The number of hydrogen-bond acceptors (Lipinski definition) is 4. The summed E-state index contributed by atoms with van der Waals surface area (Å²) >= 11 is 0. The molecule has 0 aliphatic heterocycles. The van der Waals surface area contributed by atoms with Crippen LogP contribution in [0.1, 0.15) is 29.6 Å². The van der Waals surface area contributed by atoms with Crippen molar-refractivity contribution in [2.75, 3.05) is 19.7 Å². The van der Waals surface area contributed by atoms with Gasteiger partial charge in [-0.1, -0.05) is 6.42 Å². The van der Waals surface area contributed by atoms with Crippen LogP contribution in [0.2, 0.25) is 0 Å². The first-order valence-electron chi connectivity index (χ1n) is 7.02. The maximum atomic E-state index is 10.7. The molecule has 2 atom stereocenters. The molecule has 1 fully saturated rings. The quantitative estimate of drug-likeness (QED) is 0.659. The Kier molecular flexibility index (Phi) is 5.38. The lowest BCUT2D eigenvalue weighted by Crippen LogP contribution is -2.30. The summed E-state index contributed by atoms with van der Waals surface area (Å²) in [7, 11) is 0. The largest absolute Gasteiger partial charge is 0.492 e. The van der Waals surface area contributed by atoms with E-state index in [-0.39, 0.29) is 11.7 Å². The molecule has 1 aromatic rings. The van der Waals surface area contributed by atoms with Gasteiger partial charge in [0.2, 0.25) is 0 Å². The first kappa shape index (κ1) is 14.8. The molecule has 1 aliphatic rings. The molecule has 0 spiro atoms. The Labute approximate surface area is 118 Å². The highest BCUT2D eigenvalue weighted by atomic mass is 16.5. The van der Waals surface area contributed by atoms with Crippen LogP contribution in [0.3, 0.4) is 0 Å². The third kappa shape index (κ3) is 4.21. The lowest BCUT2D eigenvalue weighted by atomic mass is 10.1. The molecule has 110 valence electrons. The molecule has 0 radical (unpaired) electrons. The lowest BCUT2D eigenvalue weighted by Gasteiger charge is -2.15. The molecule has 0 saturated heterocycles.